The lowest BCUT2D eigenvalue weighted by molar-refractivity contribution is -0.141. The van der Waals surface area contributed by atoms with E-state index < -0.39 is 0 Å². The molecule has 0 aliphatic carbocycles. The molecule has 0 aromatic rings. The van der Waals surface area contributed by atoms with Crippen LogP contribution in [0.5, 0.6) is 0 Å². The predicted molar refractivity (Wildman–Crippen MR) is 78.2 cm³/mol. The number of hydrogen-bond acceptors (Lipinski definition) is 3. The summed E-state index contributed by atoms with van der Waals surface area (Å²) < 4.78 is 0. The van der Waals surface area contributed by atoms with Crippen molar-refractivity contribution >= 4 is 11.8 Å². The lowest BCUT2D eigenvalue weighted by Gasteiger charge is -2.38. The Labute approximate surface area is 121 Å². The number of nitrogens with one attached hydrogen (secondary N) is 2. The zero-order chi connectivity index (χ0) is 14.6. The SMILES string of the molecule is CCCC1(C(=O)N2CCC(C(=O)NC)CC2)CCCN1. The minimum Gasteiger partial charge on any atom is -0.359 e. The molecule has 2 aliphatic heterocycles. The Kier molecular flexibility index (Phi) is 5.02. The first-order valence-electron chi connectivity index (χ1n) is 7.89. The maximum absolute atomic E-state index is 12.8. The van der Waals surface area contributed by atoms with Gasteiger partial charge in [-0.3, -0.25) is 9.59 Å². The van der Waals surface area contributed by atoms with Crippen molar-refractivity contribution in [2.45, 2.75) is 51.0 Å². The zero-order valence-corrected chi connectivity index (χ0v) is 12.7. The molecule has 0 spiro atoms. The number of piperidine rings is 1. The summed E-state index contributed by atoms with van der Waals surface area (Å²) in [5.41, 5.74) is -0.325. The first kappa shape index (κ1) is 15.3. The summed E-state index contributed by atoms with van der Waals surface area (Å²) in [6.07, 6.45) is 5.55. The Bertz CT molecular complexity index is 356. The highest BCUT2D eigenvalue weighted by atomic mass is 16.2. The molecule has 2 heterocycles. The van der Waals surface area contributed by atoms with E-state index in [2.05, 4.69) is 17.6 Å². The van der Waals surface area contributed by atoms with Crippen molar-refractivity contribution in [1.29, 1.82) is 0 Å². The third-order valence-corrected chi connectivity index (χ3v) is 4.73. The van der Waals surface area contributed by atoms with Gasteiger partial charge in [0.25, 0.3) is 0 Å². The van der Waals surface area contributed by atoms with Crippen LogP contribution in [0.2, 0.25) is 0 Å². The minimum absolute atomic E-state index is 0.0720. The fourth-order valence-corrected chi connectivity index (χ4v) is 3.59. The number of likely N-dealkylation sites (tertiary alicyclic amines) is 1. The van der Waals surface area contributed by atoms with E-state index in [1.54, 1.807) is 7.05 Å². The fraction of sp³-hybridized carbons (Fsp3) is 0.867. The normalized spacial score (nSPS) is 27.6. The zero-order valence-electron chi connectivity index (χ0n) is 12.7. The summed E-state index contributed by atoms with van der Waals surface area (Å²) in [5, 5.41) is 6.15. The Morgan fingerprint density at radius 2 is 2.05 bits per heavy atom. The summed E-state index contributed by atoms with van der Waals surface area (Å²) in [5.74, 6) is 0.439. The molecule has 2 aliphatic rings. The van der Waals surface area contributed by atoms with Gasteiger partial charge < -0.3 is 15.5 Å². The van der Waals surface area contributed by atoms with Crippen molar-refractivity contribution < 1.29 is 9.59 Å². The van der Waals surface area contributed by atoms with Crippen LogP contribution in [0.3, 0.4) is 0 Å². The molecule has 0 bridgehead atoms. The van der Waals surface area contributed by atoms with Gasteiger partial charge in [0.15, 0.2) is 0 Å². The molecule has 2 N–H and O–H groups in total. The van der Waals surface area contributed by atoms with Crippen LogP contribution in [0.25, 0.3) is 0 Å². The van der Waals surface area contributed by atoms with Crippen molar-refractivity contribution in [2.75, 3.05) is 26.7 Å². The second kappa shape index (κ2) is 6.57. The fourth-order valence-electron chi connectivity index (χ4n) is 3.59. The highest BCUT2D eigenvalue weighted by Gasteiger charge is 2.43. The van der Waals surface area contributed by atoms with E-state index in [0.717, 1.165) is 45.1 Å². The van der Waals surface area contributed by atoms with E-state index in [1.807, 2.05) is 4.90 Å². The van der Waals surface area contributed by atoms with Crippen LogP contribution in [0.15, 0.2) is 0 Å². The Balaban J connectivity index is 1.95. The summed E-state index contributed by atoms with van der Waals surface area (Å²) in [6.45, 7) is 4.50. The maximum atomic E-state index is 12.8. The molecule has 20 heavy (non-hydrogen) atoms. The lowest BCUT2D eigenvalue weighted by Crippen LogP contribution is -2.56. The molecule has 5 heteroatoms. The molecule has 1 unspecified atom stereocenters. The van der Waals surface area contributed by atoms with Crippen LogP contribution in [-0.2, 0) is 9.59 Å². The molecular formula is C15H27N3O2. The average molecular weight is 281 g/mol. The van der Waals surface area contributed by atoms with Gasteiger partial charge in [-0.05, 0) is 38.6 Å². The second-order valence-electron chi connectivity index (χ2n) is 6.04. The van der Waals surface area contributed by atoms with E-state index in [1.165, 1.54) is 0 Å². The van der Waals surface area contributed by atoms with Gasteiger partial charge in [-0.15, -0.1) is 0 Å². The van der Waals surface area contributed by atoms with Crippen molar-refractivity contribution in [3.05, 3.63) is 0 Å². The van der Waals surface area contributed by atoms with Gasteiger partial charge in [-0.25, -0.2) is 0 Å². The van der Waals surface area contributed by atoms with Crippen LogP contribution < -0.4 is 10.6 Å². The van der Waals surface area contributed by atoms with Gasteiger partial charge >= 0.3 is 0 Å². The van der Waals surface area contributed by atoms with Gasteiger partial charge in [0.2, 0.25) is 11.8 Å². The molecule has 2 fully saturated rings. The van der Waals surface area contributed by atoms with Gasteiger partial charge in [-0.2, -0.15) is 0 Å². The van der Waals surface area contributed by atoms with Crippen molar-refractivity contribution in [1.82, 2.24) is 15.5 Å². The molecule has 114 valence electrons. The second-order valence-corrected chi connectivity index (χ2v) is 6.04. The van der Waals surface area contributed by atoms with Gasteiger partial charge in [0.1, 0.15) is 0 Å². The predicted octanol–water partition coefficient (Wildman–Crippen LogP) is 0.893. The molecule has 2 amide bonds. The summed E-state index contributed by atoms with van der Waals surface area (Å²) in [7, 11) is 1.68. The van der Waals surface area contributed by atoms with Crippen LogP contribution in [-0.4, -0.2) is 48.9 Å². The molecule has 2 saturated heterocycles. The van der Waals surface area contributed by atoms with E-state index >= 15 is 0 Å². The van der Waals surface area contributed by atoms with Crippen molar-refractivity contribution in [2.24, 2.45) is 5.92 Å². The van der Waals surface area contributed by atoms with Crippen LogP contribution in [0.4, 0.5) is 0 Å². The smallest absolute Gasteiger partial charge is 0.242 e. The molecule has 1 atom stereocenters. The number of nitrogens with zero attached hydrogens (tertiary/aromatic N) is 1. The van der Waals surface area contributed by atoms with Crippen molar-refractivity contribution in [3.8, 4) is 0 Å². The monoisotopic (exact) mass is 281 g/mol. The molecule has 2 rings (SSSR count). The van der Waals surface area contributed by atoms with E-state index in [0.29, 0.717) is 13.1 Å². The van der Waals surface area contributed by atoms with Crippen LogP contribution in [0.1, 0.15) is 45.4 Å². The van der Waals surface area contributed by atoms with Gasteiger partial charge in [0.05, 0.1) is 5.54 Å². The van der Waals surface area contributed by atoms with E-state index in [4.69, 9.17) is 0 Å². The summed E-state index contributed by atoms with van der Waals surface area (Å²) in [4.78, 5) is 26.4. The number of carbonyl (C=O) groups is 2. The molecule has 0 radical (unpaired) electrons. The van der Waals surface area contributed by atoms with Gasteiger partial charge in [-0.1, -0.05) is 13.3 Å². The maximum Gasteiger partial charge on any atom is 0.242 e. The van der Waals surface area contributed by atoms with Crippen LogP contribution in [0, 0.1) is 5.92 Å². The highest BCUT2D eigenvalue weighted by Crippen LogP contribution is 2.29. The molecular weight excluding hydrogens is 254 g/mol. The number of hydrogen-bond donors (Lipinski definition) is 2. The third-order valence-electron chi connectivity index (χ3n) is 4.73. The quantitative estimate of drug-likeness (QED) is 0.804. The standard InChI is InChI=1S/C15H27N3O2/c1-3-7-15(8-4-9-17-15)14(20)18-10-5-12(6-11-18)13(19)16-2/h12,17H,3-11H2,1-2H3,(H,16,19). The Hall–Kier alpha value is -1.10. The summed E-state index contributed by atoms with van der Waals surface area (Å²) >= 11 is 0. The number of rotatable bonds is 4. The molecule has 0 saturated carbocycles. The molecule has 0 aromatic carbocycles. The first-order chi connectivity index (χ1) is 9.63. The van der Waals surface area contributed by atoms with Gasteiger partial charge in [0, 0.05) is 26.1 Å². The van der Waals surface area contributed by atoms with Crippen LogP contribution >= 0.6 is 0 Å². The minimum atomic E-state index is -0.325. The molecule has 5 nitrogen and oxygen atoms in total. The average Bonchev–Trinajstić information content (AvgIpc) is 2.96. The van der Waals surface area contributed by atoms with E-state index in [9.17, 15) is 9.59 Å². The van der Waals surface area contributed by atoms with Crippen molar-refractivity contribution in [3.63, 3.8) is 0 Å². The third kappa shape index (κ3) is 2.97. The Morgan fingerprint density at radius 3 is 2.55 bits per heavy atom. The first-order valence-corrected chi connectivity index (χ1v) is 7.89. The lowest BCUT2D eigenvalue weighted by atomic mass is 9.88. The topological polar surface area (TPSA) is 61.4 Å². The largest absolute Gasteiger partial charge is 0.359 e. The number of amides is 2. The summed E-state index contributed by atoms with van der Waals surface area (Å²) in [6, 6.07) is 0. The highest BCUT2D eigenvalue weighted by molar-refractivity contribution is 5.87. The molecule has 0 aromatic heterocycles. The van der Waals surface area contributed by atoms with E-state index in [-0.39, 0.29) is 23.3 Å². The Morgan fingerprint density at radius 1 is 1.35 bits per heavy atom. The number of carbonyl (C=O) groups excluding carboxylic acids is 2.